The molecule has 0 aliphatic carbocycles. The highest BCUT2D eigenvalue weighted by Crippen LogP contribution is 2.39. The second-order valence-electron chi connectivity index (χ2n) is 2.97. The average molecular weight is 268 g/mol. The number of benzene rings is 1. The molecule has 90 valence electrons. The van der Waals surface area contributed by atoms with Crippen LogP contribution in [0.25, 0.3) is 0 Å². The first kappa shape index (κ1) is 13.6. The Labute approximate surface area is 101 Å². The van der Waals surface area contributed by atoms with Crippen LogP contribution in [0, 0.1) is 6.92 Å². The summed E-state index contributed by atoms with van der Waals surface area (Å²) in [7, 11) is 0. The number of ether oxygens (including phenoxy) is 1. The van der Waals surface area contributed by atoms with E-state index in [1.807, 2.05) is 6.26 Å². The summed E-state index contributed by atoms with van der Waals surface area (Å²) in [6, 6.07) is 3.44. The van der Waals surface area contributed by atoms with Crippen LogP contribution in [0.1, 0.15) is 5.56 Å². The van der Waals surface area contributed by atoms with Gasteiger partial charge in [-0.15, -0.1) is 36.7 Å². The molecule has 0 aliphatic rings. The summed E-state index contributed by atoms with van der Waals surface area (Å²) in [5.41, 5.74) is 0.525. The van der Waals surface area contributed by atoms with Gasteiger partial charge in [0.25, 0.3) is 0 Å². The molecule has 0 saturated carbocycles. The fraction of sp³-hybridized carbons (Fsp3) is 0.400. The zero-order valence-electron chi connectivity index (χ0n) is 9.01. The van der Waals surface area contributed by atoms with Crippen LogP contribution in [-0.2, 0) is 0 Å². The zero-order chi connectivity index (χ0) is 12.3. The molecule has 6 heteroatoms. The molecule has 1 nitrogen and oxygen atoms in total. The van der Waals surface area contributed by atoms with E-state index in [0.717, 1.165) is 4.90 Å². The summed E-state index contributed by atoms with van der Waals surface area (Å²) in [4.78, 5) is 1.28. The fourth-order valence-electron chi connectivity index (χ4n) is 1.27. The van der Waals surface area contributed by atoms with Gasteiger partial charge in [-0.25, -0.2) is 0 Å². The first-order valence-electron chi connectivity index (χ1n) is 4.36. The number of thioether (sulfide) groups is 2. The molecule has 0 N–H and O–H groups in total. The Bertz CT molecular complexity index is 377. The molecular weight excluding hydrogens is 257 g/mol. The van der Waals surface area contributed by atoms with Crippen LogP contribution in [0.5, 0.6) is 5.75 Å². The molecule has 0 saturated heterocycles. The zero-order valence-corrected chi connectivity index (χ0v) is 10.6. The summed E-state index contributed by atoms with van der Waals surface area (Å²) in [5.74, 6) is -0.0909. The van der Waals surface area contributed by atoms with E-state index in [2.05, 4.69) is 4.74 Å². The number of hydrogen-bond donors (Lipinski definition) is 0. The van der Waals surface area contributed by atoms with Crippen molar-refractivity contribution in [1.82, 2.24) is 0 Å². The summed E-state index contributed by atoms with van der Waals surface area (Å²) >= 11 is 2.63. The number of halogens is 3. The van der Waals surface area contributed by atoms with Crippen molar-refractivity contribution in [1.29, 1.82) is 0 Å². The highest BCUT2D eigenvalue weighted by Gasteiger charge is 2.33. The van der Waals surface area contributed by atoms with Crippen LogP contribution in [0.2, 0.25) is 0 Å². The second-order valence-corrected chi connectivity index (χ2v) is 4.67. The lowest BCUT2D eigenvalue weighted by molar-refractivity contribution is -0.275. The Balaban J connectivity index is 3.21. The van der Waals surface area contributed by atoms with Crippen molar-refractivity contribution < 1.29 is 17.9 Å². The number of hydrogen-bond acceptors (Lipinski definition) is 3. The van der Waals surface area contributed by atoms with Gasteiger partial charge in [-0.1, -0.05) is 0 Å². The predicted octanol–water partition coefficient (Wildman–Crippen LogP) is 4.34. The molecule has 1 aromatic rings. The standard InChI is InChI=1S/C10H11F3OS2/c1-6-7(15-2)4-5-8(16-3)9(6)14-10(11,12)13/h4-5H,1-3H3. The molecule has 0 radical (unpaired) electrons. The Morgan fingerprint density at radius 2 is 1.56 bits per heavy atom. The van der Waals surface area contributed by atoms with Gasteiger partial charge in [0, 0.05) is 15.4 Å². The minimum atomic E-state index is -4.65. The predicted molar refractivity (Wildman–Crippen MR) is 61.4 cm³/mol. The van der Waals surface area contributed by atoms with Gasteiger partial charge in [0.15, 0.2) is 0 Å². The molecule has 0 heterocycles. The molecule has 1 rings (SSSR count). The third-order valence-corrected chi connectivity index (χ3v) is 3.62. The molecule has 0 bridgehead atoms. The first-order chi connectivity index (χ1) is 7.39. The highest BCUT2D eigenvalue weighted by atomic mass is 32.2. The van der Waals surface area contributed by atoms with Crippen molar-refractivity contribution in [2.24, 2.45) is 0 Å². The molecule has 0 spiro atoms. The maximum atomic E-state index is 12.2. The lowest BCUT2D eigenvalue weighted by Crippen LogP contribution is -2.18. The topological polar surface area (TPSA) is 9.23 Å². The Morgan fingerprint density at radius 1 is 1.06 bits per heavy atom. The van der Waals surface area contributed by atoms with Gasteiger partial charge in [-0.05, 0) is 31.6 Å². The number of alkyl halides is 3. The van der Waals surface area contributed by atoms with E-state index in [0.29, 0.717) is 10.5 Å². The minimum Gasteiger partial charge on any atom is -0.404 e. The molecule has 0 atom stereocenters. The third-order valence-electron chi connectivity index (χ3n) is 1.98. The Hall–Kier alpha value is -0.490. The van der Waals surface area contributed by atoms with E-state index < -0.39 is 6.36 Å². The van der Waals surface area contributed by atoms with Crippen molar-refractivity contribution in [3.05, 3.63) is 17.7 Å². The van der Waals surface area contributed by atoms with E-state index >= 15 is 0 Å². The lowest BCUT2D eigenvalue weighted by atomic mass is 10.2. The number of rotatable bonds is 3. The minimum absolute atomic E-state index is 0.0909. The summed E-state index contributed by atoms with van der Waals surface area (Å²) in [6.07, 6.45) is -1.11. The van der Waals surface area contributed by atoms with E-state index in [1.165, 1.54) is 23.5 Å². The molecule has 0 unspecified atom stereocenters. The van der Waals surface area contributed by atoms with Crippen molar-refractivity contribution >= 4 is 23.5 Å². The van der Waals surface area contributed by atoms with Gasteiger partial charge in [0.1, 0.15) is 5.75 Å². The second kappa shape index (κ2) is 5.23. The van der Waals surface area contributed by atoms with Gasteiger partial charge in [-0.3, -0.25) is 0 Å². The van der Waals surface area contributed by atoms with Crippen LogP contribution in [0.4, 0.5) is 13.2 Å². The third kappa shape index (κ3) is 3.25. The van der Waals surface area contributed by atoms with E-state index in [-0.39, 0.29) is 5.75 Å². The molecule has 0 amide bonds. The Kier molecular flexibility index (Phi) is 4.43. The average Bonchev–Trinajstić information content (AvgIpc) is 2.19. The van der Waals surface area contributed by atoms with Crippen LogP contribution in [0.15, 0.2) is 21.9 Å². The van der Waals surface area contributed by atoms with Crippen LogP contribution in [-0.4, -0.2) is 18.9 Å². The van der Waals surface area contributed by atoms with Gasteiger partial charge < -0.3 is 4.74 Å². The highest BCUT2D eigenvalue weighted by molar-refractivity contribution is 7.99. The maximum absolute atomic E-state index is 12.2. The van der Waals surface area contributed by atoms with Gasteiger partial charge in [-0.2, -0.15) is 0 Å². The van der Waals surface area contributed by atoms with Crippen LogP contribution >= 0.6 is 23.5 Å². The van der Waals surface area contributed by atoms with E-state index in [4.69, 9.17) is 0 Å². The molecule has 16 heavy (non-hydrogen) atoms. The first-order valence-corrected chi connectivity index (χ1v) is 6.81. The van der Waals surface area contributed by atoms with Crippen molar-refractivity contribution in [2.45, 2.75) is 23.1 Å². The van der Waals surface area contributed by atoms with E-state index in [9.17, 15) is 13.2 Å². The monoisotopic (exact) mass is 268 g/mol. The van der Waals surface area contributed by atoms with Gasteiger partial charge in [0.05, 0.1) is 0 Å². The normalized spacial score (nSPS) is 11.6. The van der Waals surface area contributed by atoms with Gasteiger partial charge >= 0.3 is 6.36 Å². The van der Waals surface area contributed by atoms with Crippen LogP contribution in [0.3, 0.4) is 0 Å². The van der Waals surface area contributed by atoms with Crippen molar-refractivity contribution in [3.8, 4) is 5.75 Å². The smallest absolute Gasteiger partial charge is 0.404 e. The van der Waals surface area contributed by atoms with E-state index in [1.54, 1.807) is 25.3 Å². The Morgan fingerprint density at radius 3 is 2.00 bits per heavy atom. The molecule has 0 fully saturated rings. The van der Waals surface area contributed by atoms with Crippen molar-refractivity contribution in [3.63, 3.8) is 0 Å². The molecule has 1 aromatic carbocycles. The summed E-state index contributed by atoms with van der Waals surface area (Å²) < 4.78 is 40.8. The SMILES string of the molecule is CSc1ccc(SC)c(OC(F)(F)F)c1C. The lowest BCUT2D eigenvalue weighted by Gasteiger charge is -2.16. The fourth-order valence-corrected chi connectivity index (χ4v) is 2.46. The van der Waals surface area contributed by atoms with Gasteiger partial charge in [0.2, 0.25) is 0 Å². The van der Waals surface area contributed by atoms with Crippen molar-refractivity contribution in [2.75, 3.05) is 12.5 Å². The largest absolute Gasteiger partial charge is 0.573 e. The molecule has 0 aliphatic heterocycles. The quantitative estimate of drug-likeness (QED) is 0.755. The molecular formula is C10H11F3OS2. The maximum Gasteiger partial charge on any atom is 0.573 e. The summed E-state index contributed by atoms with van der Waals surface area (Å²) in [6.45, 7) is 1.63. The molecule has 0 aromatic heterocycles. The summed E-state index contributed by atoms with van der Waals surface area (Å²) in [5, 5.41) is 0. The van der Waals surface area contributed by atoms with Crippen LogP contribution < -0.4 is 4.74 Å².